The van der Waals surface area contributed by atoms with E-state index in [2.05, 4.69) is 10.2 Å². The van der Waals surface area contributed by atoms with Gasteiger partial charge in [0, 0.05) is 19.8 Å². The fourth-order valence-corrected chi connectivity index (χ4v) is 2.70. The van der Waals surface area contributed by atoms with Crippen molar-refractivity contribution in [2.45, 2.75) is 23.8 Å². The van der Waals surface area contributed by atoms with E-state index in [9.17, 15) is 0 Å². The third-order valence-electron chi connectivity index (χ3n) is 1.54. The summed E-state index contributed by atoms with van der Waals surface area (Å²) in [5.41, 5.74) is 0. The van der Waals surface area contributed by atoms with Crippen LogP contribution in [-0.4, -0.2) is 41.3 Å². The molecule has 1 rings (SSSR count). The number of rotatable bonds is 5. The zero-order valence-corrected chi connectivity index (χ0v) is 10.2. The quantitative estimate of drug-likeness (QED) is 0.780. The van der Waals surface area contributed by atoms with Gasteiger partial charge in [0.25, 0.3) is 0 Å². The second kappa shape index (κ2) is 5.53. The molecule has 1 unspecified atom stereocenters. The molecule has 1 aromatic rings. The van der Waals surface area contributed by atoms with Crippen molar-refractivity contribution < 1.29 is 5.11 Å². The highest BCUT2D eigenvalue weighted by Crippen LogP contribution is 2.27. The van der Waals surface area contributed by atoms with E-state index in [4.69, 9.17) is 5.11 Å². The summed E-state index contributed by atoms with van der Waals surface area (Å²) in [6, 6.07) is 0. The molecule has 1 aromatic heterocycles. The second-order valence-electron chi connectivity index (χ2n) is 3.23. The van der Waals surface area contributed by atoms with Crippen molar-refractivity contribution in [3.63, 3.8) is 0 Å². The Hall–Kier alpha value is -0.330. The SMILES string of the molecule is CC(O)CCSc1nnc(N(C)C)s1. The van der Waals surface area contributed by atoms with Crippen molar-refractivity contribution in [2.75, 3.05) is 24.7 Å². The second-order valence-corrected chi connectivity index (χ2v) is 5.53. The van der Waals surface area contributed by atoms with Crippen molar-refractivity contribution >= 4 is 28.2 Å². The lowest BCUT2D eigenvalue weighted by atomic mass is 10.3. The third kappa shape index (κ3) is 3.81. The number of thioether (sulfide) groups is 1. The van der Waals surface area contributed by atoms with Crippen LogP contribution in [0.2, 0.25) is 0 Å². The van der Waals surface area contributed by atoms with Crippen LogP contribution in [0.4, 0.5) is 5.13 Å². The molecule has 0 bridgehead atoms. The van der Waals surface area contributed by atoms with E-state index < -0.39 is 0 Å². The molecule has 0 aliphatic rings. The standard InChI is InChI=1S/C8H15N3OS2/c1-6(12)4-5-13-8-10-9-7(14-8)11(2)3/h6,12H,4-5H2,1-3H3. The Bertz CT molecular complexity index is 275. The molecule has 0 aliphatic carbocycles. The van der Waals surface area contributed by atoms with Gasteiger partial charge in [-0.1, -0.05) is 23.1 Å². The average Bonchev–Trinajstić information content (AvgIpc) is 2.52. The Kier molecular flexibility index (Phi) is 4.64. The van der Waals surface area contributed by atoms with Crippen LogP contribution in [0.15, 0.2) is 4.34 Å². The third-order valence-corrected chi connectivity index (χ3v) is 3.80. The highest BCUT2D eigenvalue weighted by atomic mass is 32.2. The summed E-state index contributed by atoms with van der Waals surface area (Å²) in [5, 5.41) is 18.1. The van der Waals surface area contributed by atoms with Gasteiger partial charge in [-0.25, -0.2) is 0 Å². The Balaban J connectivity index is 2.36. The van der Waals surface area contributed by atoms with Gasteiger partial charge in [-0.05, 0) is 13.3 Å². The molecule has 0 saturated heterocycles. The van der Waals surface area contributed by atoms with Crippen LogP contribution in [-0.2, 0) is 0 Å². The maximum atomic E-state index is 9.07. The fraction of sp³-hybridized carbons (Fsp3) is 0.750. The minimum atomic E-state index is -0.233. The van der Waals surface area contributed by atoms with Crippen LogP contribution in [0.3, 0.4) is 0 Å². The summed E-state index contributed by atoms with van der Waals surface area (Å²) < 4.78 is 0.967. The molecule has 0 aromatic carbocycles. The zero-order chi connectivity index (χ0) is 10.6. The van der Waals surface area contributed by atoms with E-state index in [0.717, 1.165) is 21.6 Å². The Morgan fingerprint density at radius 1 is 1.50 bits per heavy atom. The van der Waals surface area contributed by atoms with E-state index in [-0.39, 0.29) is 6.10 Å². The van der Waals surface area contributed by atoms with E-state index in [1.807, 2.05) is 19.0 Å². The van der Waals surface area contributed by atoms with Gasteiger partial charge in [0.2, 0.25) is 5.13 Å². The number of anilines is 1. The van der Waals surface area contributed by atoms with Crippen molar-refractivity contribution in [2.24, 2.45) is 0 Å². The Labute approximate surface area is 92.3 Å². The minimum absolute atomic E-state index is 0.233. The smallest absolute Gasteiger partial charge is 0.208 e. The summed E-state index contributed by atoms with van der Waals surface area (Å²) in [6.07, 6.45) is 0.561. The first-order valence-corrected chi connectivity index (χ1v) is 6.21. The van der Waals surface area contributed by atoms with Crippen LogP contribution in [0.1, 0.15) is 13.3 Å². The van der Waals surface area contributed by atoms with E-state index in [1.165, 1.54) is 0 Å². The molecule has 0 amide bonds. The van der Waals surface area contributed by atoms with Crippen molar-refractivity contribution in [3.05, 3.63) is 0 Å². The van der Waals surface area contributed by atoms with E-state index in [1.54, 1.807) is 30.0 Å². The molecule has 1 heterocycles. The molecular weight excluding hydrogens is 218 g/mol. The lowest BCUT2D eigenvalue weighted by Gasteiger charge is -2.03. The zero-order valence-electron chi connectivity index (χ0n) is 8.60. The van der Waals surface area contributed by atoms with Gasteiger partial charge >= 0.3 is 0 Å². The average molecular weight is 233 g/mol. The van der Waals surface area contributed by atoms with Crippen molar-refractivity contribution in [3.8, 4) is 0 Å². The lowest BCUT2D eigenvalue weighted by Crippen LogP contribution is -2.07. The molecule has 0 saturated carbocycles. The van der Waals surface area contributed by atoms with Gasteiger partial charge in [-0.3, -0.25) is 0 Å². The van der Waals surface area contributed by atoms with Crippen molar-refractivity contribution in [1.82, 2.24) is 10.2 Å². The van der Waals surface area contributed by atoms with E-state index in [0.29, 0.717) is 0 Å². The number of nitrogens with zero attached hydrogens (tertiary/aromatic N) is 3. The summed E-state index contributed by atoms with van der Waals surface area (Å²) in [7, 11) is 3.90. The summed E-state index contributed by atoms with van der Waals surface area (Å²) in [6.45, 7) is 1.80. The number of aromatic nitrogens is 2. The predicted octanol–water partition coefficient (Wildman–Crippen LogP) is 1.47. The normalized spacial score (nSPS) is 12.9. The number of aliphatic hydroxyl groups excluding tert-OH is 1. The van der Waals surface area contributed by atoms with Crippen molar-refractivity contribution in [1.29, 1.82) is 0 Å². The molecular formula is C8H15N3OS2. The molecule has 1 N–H and O–H groups in total. The first kappa shape index (κ1) is 11.7. The summed E-state index contributed by atoms with van der Waals surface area (Å²) in [4.78, 5) is 1.94. The number of hydrogen-bond acceptors (Lipinski definition) is 6. The molecule has 6 heteroatoms. The Morgan fingerprint density at radius 3 is 2.71 bits per heavy atom. The molecule has 80 valence electrons. The number of aliphatic hydroxyl groups is 1. The van der Waals surface area contributed by atoms with Crippen LogP contribution in [0, 0.1) is 0 Å². The summed E-state index contributed by atoms with van der Waals surface area (Å²) in [5.74, 6) is 0.889. The van der Waals surface area contributed by atoms with Gasteiger partial charge in [-0.15, -0.1) is 10.2 Å². The maximum absolute atomic E-state index is 9.07. The summed E-state index contributed by atoms with van der Waals surface area (Å²) >= 11 is 3.22. The first-order chi connectivity index (χ1) is 6.59. The lowest BCUT2D eigenvalue weighted by molar-refractivity contribution is 0.192. The predicted molar refractivity (Wildman–Crippen MR) is 61.3 cm³/mol. The topological polar surface area (TPSA) is 49.3 Å². The molecule has 0 aliphatic heterocycles. The largest absolute Gasteiger partial charge is 0.393 e. The molecule has 0 spiro atoms. The van der Waals surface area contributed by atoms with Crippen LogP contribution >= 0.6 is 23.1 Å². The maximum Gasteiger partial charge on any atom is 0.208 e. The molecule has 1 atom stereocenters. The van der Waals surface area contributed by atoms with Crippen LogP contribution < -0.4 is 4.90 Å². The highest BCUT2D eigenvalue weighted by molar-refractivity contribution is 8.01. The fourth-order valence-electron chi connectivity index (χ4n) is 0.758. The van der Waals surface area contributed by atoms with E-state index >= 15 is 0 Å². The van der Waals surface area contributed by atoms with Gasteiger partial charge in [-0.2, -0.15) is 0 Å². The monoisotopic (exact) mass is 233 g/mol. The van der Waals surface area contributed by atoms with Gasteiger partial charge in [0.1, 0.15) is 0 Å². The molecule has 0 radical (unpaired) electrons. The molecule has 14 heavy (non-hydrogen) atoms. The van der Waals surface area contributed by atoms with Crippen LogP contribution in [0.25, 0.3) is 0 Å². The molecule has 4 nitrogen and oxygen atoms in total. The van der Waals surface area contributed by atoms with Gasteiger partial charge < -0.3 is 10.0 Å². The minimum Gasteiger partial charge on any atom is -0.393 e. The first-order valence-electron chi connectivity index (χ1n) is 4.41. The van der Waals surface area contributed by atoms with Gasteiger partial charge in [0.05, 0.1) is 6.10 Å². The Morgan fingerprint density at radius 2 is 2.21 bits per heavy atom. The number of hydrogen-bond donors (Lipinski definition) is 1. The highest BCUT2D eigenvalue weighted by Gasteiger charge is 2.06. The van der Waals surface area contributed by atoms with Crippen LogP contribution in [0.5, 0.6) is 0 Å². The van der Waals surface area contributed by atoms with Gasteiger partial charge in [0.15, 0.2) is 4.34 Å². The molecule has 0 fully saturated rings.